The van der Waals surface area contributed by atoms with E-state index >= 15 is 0 Å². The van der Waals surface area contributed by atoms with Crippen molar-refractivity contribution in [1.82, 2.24) is 9.97 Å². The molecule has 0 aliphatic carbocycles. The zero-order valence-electron chi connectivity index (χ0n) is 16.2. The number of aromatic nitrogens is 2. The molecule has 2 amide bonds. The molecule has 2 aromatic carbocycles. The van der Waals surface area contributed by atoms with Gasteiger partial charge in [-0.25, -0.2) is 19.1 Å². The normalized spacial score (nSPS) is 12.5. The van der Waals surface area contributed by atoms with Crippen molar-refractivity contribution in [1.29, 1.82) is 0 Å². The van der Waals surface area contributed by atoms with Crippen LogP contribution in [0.4, 0.5) is 29.3 Å². The smallest absolute Gasteiger partial charge is 0.344 e. The Labute approximate surface area is 182 Å². The molecule has 0 saturated heterocycles. The molecule has 7 nitrogen and oxygen atoms in total. The van der Waals surface area contributed by atoms with E-state index in [0.717, 1.165) is 23.3 Å². The Morgan fingerprint density at radius 3 is 2.31 bits per heavy atom. The van der Waals surface area contributed by atoms with Crippen molar-refractivity contribution in [2.75, 3.05) is 10.6 Å². The summed E-state index contributed by atoms with van der Waals surface area (Å²) in [7, 11) is -1.57. The third kappa shape index (κ3) is 4.63. The van der Waals surface area contributed by atoms with Gasteiger partial charge in [0.25, 0.3) is 0 Å². The van der Waals surface area contributed by atoms with Crippen molar-refractivity contribution in [3.8, 4) is 11.1 Å². The molecular formula is C21H16F3N5O2S. The highest BCUT2D eigenvalue weighted by atomic mass is 32.2. The highest BCUT2D eigenvalue weighted by Gasteiger charge is 2.30. The molecule has 11 heteroatoms. The van der Waals surface area contributed by atoms with Gasteiger partial charge in [0, 0.05) is 29.0 Å². The van der Waals surface area contributed by atoms with E-state index in [4.69, 9.17) is 5.14 Å². The largest absolute Gasteiger partial charge is 0.416 e. The highest BCUT2D eigenvalue weighted by Crippen LogP contribution is 2.30. The average molecular weight is 459 g/mol. The summed E-state index contributed by atoms with van der Waals surface area (Å²) >= 11 is 0. The van der Waals surface area contributed by atoms with Crippen LogP contribution in [-0.4, -0.2) is 20.2 Å². The van der Waals surface area contributed by atoms with E-state index in [9.17, 15) is 22.2 Å². The van der Waals surface area contributed by atoms with Crippen LogP contribution in [0.15, 0.2) is 71.9 Å². The fourth-order valence-corrected chi connectivity index (χ4v) is 3.48. The molecular weight excluding hydrogens is 443 g/mol. The first-order chi connectivity index (χ1) is 15.2. The number of carbonyl (C=O) groups is 1. The maximum absolute atomic E-state index is 12.7. The van der Waals surface area contributed by atoms with Crippen LogP contribution < -0.4 is 15.8 Å². The Hall–Kier alpha value is -3.70. The lowest BCUT2D eigenvalue weighted by Crippen LogP contribution is -2.19. The second kappa shape index (κ2) is 8.44. The molecule has 1 atom stereocenters. The van der Waals surface area contributed by atoms with Gasteiger partial charge in [0.05, 0.1) is 16.1 Å². The summed E-state index contributed by atoms with van der Waals surface area (Å²) in [5, 5.41) is 11.2. The number of rotatable bonds is 4. The SMILES string of the molecule is NS(=O)c1ccc(-c2cnc3[nH]cc(NC(=O)Nc4ccc(C(F)(F)F)cc4)c3c2)cc1. The molecule has 0 aliphatic rings. The monoisotopic (exact) mass is 459 g/mol. The zero-order chi connectivity index (χ0) is 22.9. The number of aromatic amines is 1. The summed E-state index contributed by atoms with van der Waals surface area (Å²) in [6.07, 6.45) is -1.23. The Bertz CT molecular complexity index is 1300. The van der Waals surface area contributed by atoms with Crippen LogP contribution in [-0.2, 0) is 17.2 Å². The Balaban J connectivity index is 1.52. The number of amides is 2. The van der Waals surface area contributed by atoms with Gasteiger partial charge in [0.1, 0.15) is 16.6 Å². The summed E-state index contributed by atoms with van der Waals surface area (Å²) in [5.74, 6) is 0. The van der Waals surface area contributed by atoms with Gasteiger partial charge in [0.15, 0.2) is 0 Å². The van der Waals surface area contributed by atoms with Crippen molar-refractivity contribution in [2.24, 2.45) is 5.14 Å². The minimum atomic E-state index is -4.45. The number of hydrogen-bond donors (Lipinski definition) is 4. The summed E-state index contributed by atoms with van der Waals surface area (Å²) in [4.78, 5) is 20.1. The maximum Gasteiger partial charge on any atom is 0.416 e. The molecule has 1 unspecified atom stereocenters. The molecule has 164 valence electrons. The van der Waals surface area contributed by atoms with Gasteiger partial charge in [-0.2, -0.15) is 13.2 Å². The molecule has 2 heterocycles. The predicted octanol–water partition coefficient (Wildman–Crippen LogP) is 4.87. The van der Waals surface area contributed by atoms with Gasteiger partial charge in [-0.1, -0.05) is 12.1 Å². The summed E-state index contributed by atoms with van der Waals surface area (Å²) in [5.41, 5.74) is 1.97. The minimum absolute atomic E-state index is 0.214. The molecule has 0 fully saturated rings. The highest BCUT2D eigenvalue weighted by molar-refractivity contribution is 7.82. The van der Waals surface area contributed by atoms with E-state index in [1.54, 1.807) is 36.7 Å². The molecule has 0 saturated carbocycles. The van der Waals surface area contributed by atoms with Gasteiger partial charge in [-0.15, -0.1) is 0 Å². The number of nitrogens with one attached hydrogen (secondary N) is 3. The lowest BCUT2D eigenvalue weighted by molar-refractivity contribution is -0.137. The number of carbonyl (C=O) groups excluding carboxylic acids is 1. The molecule has 4 rings (SSSR count). The topological polar surface area (TPSA) is 113 Å². The van der Waals surface area contributed by atoms with Crippen molar-refractivity contribution in [3.05, 3.63) is 72.6 Å². The number of benzene rings is 2. The number of fused-ring (bicyclic) bond motifs is 1. The number of pyridine rings is 1. The van der Waals surface area contributed by atoms with E-state index in [0.29, 0.717) is 21.6 Å². The average Bonchev–Trinajstić information content (AvgIpc) is 3.15. The first-order valence-corrected chi connectivity index (χ1v) is 10.4. The van der Waals surface area contributed by atoms with Gasteiger partial charge < -0.3 is 15.6 Å². The van der Waals surface area contributed by atoms with Crippen LogP contribution in [0, 0.1) is 0 Å². The van der Waals surface area contributed by atoms with Crippen molar-refractivity contribution >= 4 is 39.4 Å². The lowest BCUT2D eigenvalue weighted by atomic mass is 10.1. The van der Waals surface area contributed by atoms with Gasteiger partial charge in [-0.05, 0) is 48.0 Å². The van der Waals surface area contributed by atoms with Crippen LogP contribution in [0.5, 0.6) is 0 Å². The molecule has 0 spiro atoms. The quantitative estimate of drug-likeness (QED) is 0.349. The molecule has 2 aromatic heterocycles. The van der Waals surface area contributed by atoms with E-state index < -0.39 is 28.8 Å². The number of halogens is 3. The van der Waals surface area contributed by atoms with E-state index in [2.05, 4.69) is 20.6 Å². The number of urea groups is 1. The maximum atomic E-state index is 12.7. The van der Waals surface area contributed by atoms with Crippen molar-refractivity contribution in [3.63, 3.8) is 0 Å². The summed E-state index contributed by atoms with van der Waals surface area (Å²) < 4.78 is 49.3. The van der Waals surface area contributed by atoms with Crippen molar-refractivity contribution in [2.45, 2.75) is 11.1 Å². The van der Waals surface area contributed by atoms with Crippen LogP contribution in [0.2, 0.25) is 0 Å². The number of anilines is 2. The standard InChI is InChI=1S/C21H16F3N5O2S/c22-21(23,24)14-3-5-15(6-4-14)28-20(30)29-18-11-27-19-17(18)9-13(10-26-19)12-1-7-16(8-2-12)32(25)31/h1-11H,25H2,(H,26,27)(H2,28,29,30). The summed E-state index contributed by atoms with van der Waals surface area (Å²) in [6.45, 7) is 0. The zero-order valence-corrected chi connectivity index (χ0v) is 17.1. The molecule has 0 radical (unpaired) electrons. The van der Waals surface area contributed by atoms with Crippen LogP contribution in [0.1, 0.15) is 5.56 Å². The van der Waals surface area contributed by atoms with Gasteiger partial charge in [-0.3, -0.25) is 0 Å². The molecule has 0 bridgehead atoms. The first kappa shape index (κ1) is 21.5. The fourth-order valence-electron chi connectivity index (χ4n) is 3.07. The van der Waals surface area contributed by atoms with Gasteiger partial charge >= 0.3 is 12.2 Å². The Morgan fingerprint density at radius 2 is 1.69 bits per heavy atom. The van der Waals surface area contributed by atoms with Crippen molar-refractivity contribution < 1.29 is 22.2 Å². The first-order valence-electron chi connectivity index (χ1n) is 9.20. The number of nitrogens with two attached hydrogens (primary N) is 1. The van der Waals surface area contributed by atoms with E-state index in [-0.39, 0.29) is 5.69 Å². The van der Waals surface area contributed by atoms with Crippen LogP contribution in [0.3, 0.4) is 0 Å². The number of H-pyrrole nitrogens is 1. The second-order valence-corrected chi connectivity index (χ2v) is 7.86. The van der Waals surface area contributed by atoms with E-state index in [1.165, 1.54) is 12.1 Å². The third-order valence-corrected chi connectivity index (χ3v) is 5.41. The lowest BCUT2D eigenvalue weighted by Gasteiger charge is -2.09. The summed E-state index contributed by atoms with van der Waals surface area (Å²) in [6, 6.07) is 12.2. The fraction of sp³-hybridized carbons (Fsp3) is 0.0476. The van der Waals surface area contributed by atoms with Gasteiger partial charge in [0.2, 0.25) is 0 Å². The predicted molar refractivity (Wildman–Crippen MR) is 116 cm³/mol. The molecule has 4 aromatic rings. The molecule has 32 heavy (non-hydrogen) atoms. The number of alkyl halides is 3. The molecule has 0 aliphatic heterocycles. The van der Waals surface area contributed by atoms with E-state index in [1.807, 2.05) is 6.07 Å². The Kier molecular flexibility index (Phi) is 5.68. The number of hydrogen-bond acceptors (Lipinski definition) is 3. The third-order valence-electron chi connectivity index (χ3n) is 4.67. The number of nitrogens with zero attached hydrogens (tertiary/aromatic N) is 1. The van der Waals surface area contributed by atoms with Crippen LogP contribution in [0.25, 0.3) is 22.2 Å². The van der Waals surface area contributed by atoms with Crippen LogP contribution >= 0.6 is 0 Å². The molecule has 5 N–H and O–H groups in total. The second-order valence-electron chi connectivity index (χ2n) is 6.80. The minimum Gasteiger partial charge on any atom is -0.344 e. The Morgan fingerprint density at radius 1 is 1.00 bits per heavy atom.